The zero-order valence-corrected chi connectivity index (χ0v) is 8.81. The van der Waals surface area contributed by atoms with Gasteiger partial charge in [0.2, 0.25) is 5.91 Å². The number of aromatic nitrogens is 1. The number of hydrogen-bond donors (Lipinski definition) is 4. The van der Waals surface area contributed by atoms with Crippen LogP contribution in [0.2, 0.25) is 0 Å². The average Bonchev–Trinajstić information content (AvgIpc) is 2.76. The zero-order chi connectivity index (χ0) is 11.4. The fraction of sp³-hybridized carbons (Fsp3) is 0.400. The minimum atomic E-state index is -0.304. The van der Waals surface area contributed by atoms with E-state index < -0.39 is 0 Å². The van der Waals surface area contributed by atoms with E-state index >= 15 is 0 Å². The molecule has 16 heavy (non-hydrogen) atoms. The molecule has 5 N–H and O–H groups in total. The number of nitrogens with zero attached hydrogens (tertiary/aromatic N) is 1. The molecule has 1 aromatic heterocycles. The van der Waals surface area contributed by atoms with Crippen LogP contribution in [0.25, 0.3) is 0 Å². The lowest BCUT2D eigenvalue weighted by atomic mass is 10.1. The van der Waals surface area contributed by atoms with Crippen LogP contribution in [-0.4, -0.2) is 23.6 Å². The van der Waals surface area contributed by atoms with E-state index in [-0.39, 0.29) is 18.0 Å². The topological polar surface area (TPSA) is 92.1 Å². The molecule has 6 heteroatoms. The quantitative estimate of drug-likeness (QED) is 0.507. The second-order valence-corrected chi connectivity index (χ2v) is 3.75. The minimum absolute atomic E-state index is 0.127. The highest BCUT2D eigenvalue weighted by Gasteiger charge is 2.30. The van der Waals surface area contributed by atoms with Gasteiger partial charge < -0.3 is 5.73 Å². The highest BCUT2D eigenvalue weighted by molar-refractivity contribution is 5.77. The van der Waals surface area contributed by atoms with E-state index in [9.17, 15) is 4.79 Å². The Morgan fingerprint density at radius 2 is 2.56 bits per heavy atom. The van der Waals surface area contributed by atoms with Crippen molar-refractivity contribution >= 4 is 5.91 Å². The van der Waals surface area contributed by atoms with Crippen molar-refractivity contribution in [2.75, 3.05) is 6.54 Å². The number of rotatable bonds is 4. The highest BCUT2D eigenvalue weighted by Crippen LogP contribution is 2.05. The van der Waals surface area contributed by atoms with Crippen molar-refractivity contribution in [3.8, 4) is 0 Å². The SMILES string of the molecule is NC(=O)C1CNNC1NCc1cccnc1. The maximum Gasteiger partial charge on any atom is 0.224 e. The van der Waals surface area contributed by atoms with E-state index in [1.54, 1.807) is 12.4 Å². The van der Waals surface area contributed by atoms with Crippen LogP contribution >= 0.6 is 0 Å². The Balaban J connectivity index is 1.88. The summed E-state index contributed by atoms with van der Waals surface area (Å²) in [5.41, 5.74) is 12.2. The molecule has 0 saturated carbocycles. The number of nitrogens with two attached hydrogens (primary N) is 1. The van der Waals surface area contributed by atoms with Crippen LogP contribution in [0.15, 0.2) is 24.5 Å². The summed E-state index contributed by atoms with van der Waals surface area (Å²) >= 11 is 0. The number of primary amides is 1. The molecule has 2 unspecified atom stereocenters. The van der Waals surface area contributed by atoms with Crippen molar-refractivity contribution in [1.29, 1.82) is 0 Å². The summed E-state index contributed by atoms with van der Waals surface area (Å²) < 4.78 is 0. The van der Waals surface area contributed by atoms with Crippen LogP contribution < -0.4 is 21.9 Å². The summed E-state index contributed by atoms with van der Waals surface area (Å²) in [4.78, 5) is 15.1. The molecule has 0 radical (unpaired) electrons. The lowest BCUT2D eigenvalue weighted by Crippen LogP contribution is -2.46. The van der Waals surface area contributed by atoms with Crippen molar-refractivity contribution in [2.24, 2.45) is 11.7 Å². The Morgan fingerprint density at radius 3 is 3.25 bits per heavy atom. The fourth-order valence-corrected chi connectivity index (χ4v) is 1.69. The first-order chi connectivity index (χ1) is 7.77. The molecule has 2 atom stereocenters. The van der Waals surface area contributed by atoms with Crippen molar-refractivity contribution in [2.45, 2.75) is 12.7 Å². The predicted octanol–water partition coefficient (Wildman–Crippen LogP) is -1.29. The molecule has 1 amide bonds. The number of carbonyl (C=O) groups is 1. The van der Waals surface area contributed by atoms with Crippen LogP contribution in [0.3, 0.4) is 0 Å². The first-order valence-electron chi connectivity index (χ1n) is 5.17. The molecule has 2 heterocycles. The lowest BCUT2D eigenvalue weighted by molar-refractivity contribution is -0.121. The van der Waals surface area contributed by atoms with Gasteiger partial charge in [-0.2, -0.15) is 0 Å². The Labute approximate surface area is 93.6 Å². The van der Waals surface area contributed by atoms with Gasteiger partial charge in [0, 0.05) is 25.5 Å². The molecule has 1 aliphatic heterocycles. The van der Waals surface area contributed by atoms with E-state index in [1.807, 2.05) is 12.1 Å². The van der Waals surface area contributed by atoms with Crippen LogP contribution in [0.5, 0.6) is 0 Å². The molecular weight excluding hydrogens is 206 g/mol. The van der Waals surface area contributed by atoms with Gasteiger partial charge in [-0.05, 0) is 11.6 Å². The molecule has 2 rings (SSSR count). The summed E-state index contributed by atoms with van der Waals surface area (Å²) in [6, 6.07) is 3.85. The third kappa shape index (κ3) is 2.54. The monoisotopic (exact) mass is 221 g/mol. The van der Waals surface area contributed by atoms with E-state index in [1.165, 1.54) is 0 Å². The summed E-state index contributed by atoms with van der Waals surface area (Å²) in [5, 5.41) is 3.21. The average molecular weight is 221 g/mol. The Hall–Kier alpha value is -1.50. The van der Waals surface area contributed by atoms with E-state index in [2.05, 4.69) is 21.2 Å². The molecule has 0 aromatic carbocycles. The summed E-state index contributed by atoms with van der Waals surface area (Å²) in [5.74, 6) is -0.530. The van der Waals surface area contributed by atoms with Gasteiger partial charge in [-0.25, -0.2) is 5.43 Å². The number of carbonyl (C=O) groups excluding carboxylic acids is 1. The largest absolute Gasteiger partial charge is 0.369 e. The number of hydrazine groups is 1. The van der Waals surface area contributed by atoms with Crippen LogP contribution in [0.4, 0.5) is 0 Å². The van der Waals surface area contributed by atoms with Crippen molar-refractivity contribution in [1.82, 2.24) is 21.2 Å². The third-order valence-electron chi connectivity index (χ3n) is 2.60. The molecule has 1 fully saturated rings. The van der Waals surface area contributed by atoms with Crippen molar-refractivity contribution < 1.29 is 4.79 Å². The fourth-order valence-electron chi connectivity index (χ4n) is 1.69. The van der Waals surface area contributed by atoms with Crippen molar-refractivity contribution in [3.63, 3.8) is 0 Å². The maximum absolute atomic E-state index is 11.1. The molecule has 0 bridgehead atoms. The number of amides is 1. The second kappa shape index (κ2) is 5.02. The van der Waals surface area contributed by atoms with Gasteiger partial charge in [-0.15, -0.1) is 0 Å². The van der Waals surface area contributed by atoms with Gasteiger partial charge in [-0.1, -0.05) is 6.07 Å². The number of nitrogens with one attached hydrogen (secondary N) is 3. The molecule has 0 aliphatic carbocycles. The first kappa shape index (κ1) is 11.0. The Bertz CT molecular complexity index is 355. The molecule has 1 aliphatic rings. The maximum atomic E-state index is 11.1. The Morgan fingerprint density at radius 1 is 1.69 bits per heavy atom. The third-order valence-corrected chi connectivity index (χ3v) is 2.60. The highest BCUT2D eigenvalue weighted by atomic mass is 16.1. The predicted molar refractivity (Wildman–Crippen MR) is 58.7 cm³/mol. The van der Waals surface area contributed by atoms with Gasteiger partial charge in [0.25, 0.3) is 0 Å². The molecule has 1 saturated heterocycles. The summed E-state index contributed by atoms with van der Waals surface area (Å²) in [7, 11) is 0. The molecule has 1 aromatic rings. The summed E-state index contributed by atoms with van der Waals surface area (Å²) in [6.07, 6.45) is 3.39. The van der Waals surface area contributed by atoms with E-state index in [0.29, 0.717) is 13.1 Å². The molecule has 0 spiro atoms. The molecule has 6 nitrogen and oxygen atoms in total. The van der Waals surface area contributed by atoms with Crippen LogP contribution in [0.1, 0.15) is 5.56 Å². The smallest absolute Gasteiger partial charge is 0.224 e. The normalized spacial score (nSPS) is 24.5. The second-order valence-electron chi connectivity index (χ2n) is 3.75. The van der Waals surface area contributed by atoms with Gasteiger partial charge in [0.15, 0.2) is 0 Å². The number of hydrogen-bond acceptors (Lipinski definition) is 5. The van der Waals surface area contributed by atoms with Crippen molar-refractivity contribution in [3.05, 3.63) is 30.1 Å². The van der Waals surface area contributed by atoms with E-state index in [4.69, 9.17) is 5.73 Å². The summed E-state index contributed by atoms with van der Waals surface area (Å²) in [6.45, 7) is 1.21. The van der Waals surface area contributed by atoms with E-state index in [0.717, 1.165) is 5.56 Å². The Kier molecular flexibility index (Phi) is 3.45. The van der Waals surface area contributed by atoms with Gasteiger partial charge >= 0.3 is 0 Å². The lowest BCUT2D eigenvalue weighted by Gasteiger charge is -2.17. The molecular formula is C10H15N5O. The zero-order valence-electron chi connectivity index (χ0n) is 8.81. The number of pyridine rings is 1. The minimum Gasteiger partial charge on any atom is -0.369 e. The molecule has 86 valence electrons. The first-order valence-corrected chi connectivity index (χ1v) is 5.17. The van der Waals surface area contributed by atoms with Gasteiger partial charge in [0.05, 0.1) is 12.1 Å². The van der Waals surface area contributed by atoms with Crippen LogP contribution in [0, 0.1) is 5.92 Å². The van der Waals surface area contributed by atoms with Crippen LogP contribution in [-0.2, 0) is 11.3 Å². The standard InChI is InChI=1S/C10H15N5O/c11-9(16)8-6-14-15-10(8)13-5-7-2-1-3-12-4-7/h1-4,8,10,13-15H,5-6H2,(H2,11,16). The van der Waals surface area contributed by atoms with Gasteiger partial charge in [0.1, 0.15) is 0 Å². The van der Waals surface area contributed by atoms with Gasteiger partial charge in [-0.3, -0.25) is 20.5 Å².